The summed E-state index contributed by atoms with van der Waals surface area (Å²) >= 11 is 0. The van der Waals surface area contributed by atoms with Gasteiger partial charge in [0.15, 0.2) is 17.5 Å². The fourth-order valence-electron chi connectivity index (χ4n) is 5.80. The molecule has 0 radical (unpaired) electrons. The predicted octanol–water partition coefficient (Wildman–Crippen LogP) is 5.30. The van der Waals surface area contributed by atoms with Crippen LogP contribution in [0.2, 0.25) is 0 Å². The molecule has 0 aliphatic carbocycles. The molecule has 1 unspecified atom stereocenters. The number of carbonyl (C=O) groups excluding carboxylic acids is 1. The Hall–Kier alpha value is -4.05. The number of benzene rings is 2. The quantitative estimate of drug-likeness (QED) is 0.237. The number of hydrogen-bond donors (Lipinski definition) is 0. The SMILES string of the molecule is Cc1nc2n(c(=O)c1CCN1CCC(c3noc4cc(F)ccc34)CC1)CCCC2OC(=O)Oc1ccccc1. The molecular formula is C30H31FN4O5. The first-order chi connectivity index (χ1) is 19.5. The van der Waals surface area contributed by atoms with Crippen molar-refractivity contribution in [2.75, 3.05) is 19.6 Å². The molecule has 2 aliphatic heterocycles. The summed E-state index contributed by atoms with van der Waals surface area (Å²) in [5.41, 5.74) is 2.67. The van der Waals surface area contributed by atoms with Crippen molar-refractivity contribution in [1.29, 1.82) is 0 Å². The third-order valence-corrected chi connectivity index (χ3v) is 7.93. The molecule has 2 aromatic carbocycles. The third kappa shape index (κ3) is 5.36. The molecule has 2 aliphatic rings. The normalized spacial score (nSPS) is 18.0. The van der Waals surface area contributed by atoms with Gasteiger partial charge in [-0.25, -0.2) is 14.2 Å². The van der Waals surface area contributed by atoms with Crippen LogP contribution in [-0.4, -0.2) is 45.4 Å². The average Bonchev–Trinajstić information content (AvgIpc) is 3.37. The Morgan fingerprint density at radius 2 is 1.90 bits per heavy atom. The van der Waals surface area contributed by atoms with E-state index in [9.17, 15) is 14.0 Å². The summed E-state index contributed by atoms with van der Waals surface area (Å²) in [6.45, 7) is 4.88. The summed E-state index contributed by atoms with van der Waals surface area (Å²) in [5, 5.41) is 5.11. The lowest BCUT2D eigenvalue weighted by atomic mass is 9.91. The molecule has 0 saturated carbocycles. The summed E-state index contributed by atoms with van der Waals surface area (Å²) in [6, 6.07) is 13.3. The van der Waals surface area contributed by atoms with Gasteiger partial charge in [-0.05, 0) is 76.4 Å². The zero-order chi connectivity index (χ0) is 27.6. The van der Waals surface area contributed by atoms with Crippen LogP contribution in [-0.2, 0) is 17.7 Å². The van der Waals surface area contributed by atoms with E-state index in [1.54, 1.807) is 34.9 Å². The van der Waals surface area contributed by atoms with Gasteiger partial charge in [0.05, 0.1) is 5.69 Å². The van der Waals surface area contributed by atoms with E-state index in [2.05, 4.69) is 10.1 Å². The van der Waals surface area contributed by atoms with E-state index in [0.717, 1.165) is 43.6 Å². The molecule has 6 rings (SSSR count). The highest BCUT2D eigenvalue weighted by atomic mass is 19.1. The second-order valence-electron chi connectivity index (χ2n) is 10.5. The summed E-state index contributed by atoms with van der Waals surface area (Å²) in [7, 11) is 0. The van der Waals surface area contributed by atoms with Gasteiger partial charge in [0.25, 0.3) is 5.56 Å². The topological polar surface area (TPSA) is 99.7 Å². The molecular weight excluding hydrogens is 515 g/mol. The maximum atomic E-state index is 13.5. The van der Waals surface area contributed by atoms with Crippen LogP contribution >= 0.6 is 0 Å². The Morgan fingerprint density at radius 3 is 2.70 bits per heavy atom. The van der Waals surface area contributed by atoms with E-state index in [4.69, 9.17) is 19.0 Å². The number of piperidine rings is 1. The molecule has 40 heavy (non-hydrogen) atoms. The Labute approximate surface area is 230 Å². The molecule has 0 N–H and O–H groups in total. The molecule has 208 valence electrons. The van der Waals surface area contributed by atoms with Crippen LogP contribution in [0.1, 0.15) is 60.5 Å². The lowest BCUT2D eigenvalue weighted by Crippen LogP contribution is -2.38. The van der Waals surface area contributed by atoms with Gasteiger partial charge in [-0.3, -0.25) is 9.36 Å². The molecule has 0 bridgehead atoms. The average molecular weight is 547 g/mol. The number of para-hydroxylation sites is 1. The maximum Gasteiger partial charge on any atom is 0.514 e. The van der Waals surface area contributed by atoms with Crippen molar-refractivity contribution in [1.82, 2.24) is 19.6 Å². The number of fused-ring (bicyclic) bond motifs is 2. The minimum Gasteiger partial charge on any atom is -0.422 e. The van der Waals surface area contributed by atoms with Crippen LogP contribution in [0, 0.1) is 12.7 Å². The summed E-state index contributed by atoms with van der Waals surface area (Å²) in [4.78, 5) is 32.9. The lowest BCUT2D eigenvalue weighted by molar-refractivity contribution is 0.0401. The van der Waals surface area contributed by atoms with Gasteiger partial charge in [-0.2, -0.15) is 0 Å². The van der Waals surface area contributed by atoms with E-state index in [1.807, 2.05) is 13.0 Å². The van der Waals surface area contributed by atoms with E-state index in [-0.39, 0.29) is 17.3 Å². The van der Waals surface area contributed by atoms with Crippen LogP contribution in [0.4, 0.5) is 9.18 Å². The lowest BCUT2D eigenvalue weighted by Gasteiger charge is -2.31. The Balaban J connectivity index is 1.08. The van der Waals surface area contributed by atoms with Crippen LogP contribution in [0.15, 0.2) is 57.8 Å². The van der Waals surface area contributed by atoms with Gasteiger partial charge in [0.2, 0.25) is 0 Å². The van der Waals surface area contributed by atoms with Crippen molar-refractivity contribution in [2.24, 2.45) is 0 Å². The summed E-state index contributed by atoms with van der Waals surface area (Å²) in [6.07, 6.45) is 2.27. The smallest absolute Gasteiger partial charge is 0.422 e. The zero-order valence-corrected chi connectivity index (χ0v) is 22.3. The Bertz CT molecular complexity index is 1580. The van der Waals surface area contributed by atoms with Crippen molar-refractivity contribution in [3.63, 3.8) is 0 Å². The molecule has 4 aromatic rings. The minimum absolute atomic E-state index is 0.0663. The number of aryl methyl sites for hydroxylation is 1. The molecule has 0 amide bonds. The van der Waals surface area contributed by atoms with Crippen LogP contribution in [0.5, 0.6) is 5.75 Å². The largest absolute Gasteiger partial charge is 0.514 e. The first-order valence-electron chi connectivity index (χ1n) is 13.8. The fourth-order valence-corrected chi connectivity index (χ4v) is 5.80. The van der Waals surface area contributed by atoms with Crippen molar-refractivity contribution in [3.05, 3.63) is 87.5 Å². The second kappa shape index (κ2) is 11.2. The van der Waals surface area contributed by atoms with Gasteiger partial charge < -0.3 is 18.9 Å². The zero-order valence-electron chi connectivity index (χ0n) is 22.3. The maximum absolute atomic E-state index is 13.5. The highest BCUT2D eigenvalue weighted by Gasteiger charge is 2.30. The van der Waals surface area contributed by atoms with Crippen molar-refractivity contribution >= 4 is 17.1 Å². The van der Waals surface area contributed by atoms with Crippen molar-refractivity contribution in [2.45, 2.75) is 57.6 Å². The van der Waals surface area contributed by atoms with Gasteiger partial charge in [0.1, 0.15) is 11.6 Å². The Morgan fingerprint density at radius 1 is 1.10 bits per heavy atom. The highest BCUT2D eigenvalue weighted by molar-refractivity contribution is 5.79. The Kier molecular flexibility index (Phi) is 7.34. The molecule has 2 aromatic heterocycles. The number of halogens is 1. The van der Waals surface area contributed by atoms with Crippen LogP contribution in [0.25, 0.3) is 11.0 Å². The van der Waals surface area contributed by atoms with E-state index >= 15 is 0 Å². The molecule has 9 nitrogen and oxygen atoms in total. The number of rotatable bonds is 6. The number of likely N-dealkylation sites (tertiary alicyclic amines) is 1. The highest BCUT2D eigenvalue weighted by Crippen LogP contribution is 2.33. The standard InChI is InChI=1S/C30H31FN4O5/c1-19-23(13-17-34-15-11-20(12-16-34)27-24-10-9-21(31)18-26(24)40-33-27)29(36)35-14-5-8-25(28(35)32-19)39-30(37)38-22-6-3-2-4-7-22/h2-4,6-7,9-10,18,20,25H,5,8,11-17H2,1H3. The van der Waals surface area contributed by atoms with Gasteiger partial charge >= 0.3 is 6.16 Å². The number of carbonyl (C=O) groups is 1. The second-order valence-corrected chi connectivity index (χ2v) is 10.5. The van der Waals surface area contributed by atoms with Gasteiger partial charge in [-0.15, -0.1) is 0 Å². The van der Waals surface area contributed by atoms with Gasteiger partial charge in [0, 0.05) is 41.7 Å². The fraction of sp³-hybridized carbons (Fsp3) is 0.400. The first-order valence-corrected chi connectivity index (χ1v) is 13.8. The van der Waals surface area contributed by atoms with Crippen molar-refractivity contribution < 1.29 is 23.2 Å². The van der Waals surface area contributed by atoms with Gasteiger partial charge in [-0.1, -0.05) is 23.4 Å². The molecule has 4 heterocycles. The number of nitrogens with zero attached hydrogens (tertiary/aromatic N) is 4. The molecule has 1 fully saturated rings. The molecule has 10 heteroatoms. The van der Waals surface area contributed by atoms with Crippen LogP contribution < -0.4 is 10.3 Å². The van der Waals surface area contributed by atoms with Crippen LogP contribution in [0.3, 0.4) is 0 Å². The van der Waals surface area contributed by atoms with E-state index in [1.165, 1.54) is 12.1 Å². The molecule has 1 atom stereocenters. The molecule has 0 spiro atoms. The number of ether oxygens (including phenoxy) is 2. The summed E-state index contributed by atoms with van der Waals surface area (Å²) in [5.74, 6) is 0.796. The number of hydrogen-bond acceptors (Lipinski definition) is 8. The number of aromatic nitrogens is 3. The first kappa shape index (κ1) is 26.2. The van der Waals surface area contributed by atoms with E-state index < -0.39 is 12.3 Å². The summed E-state index contributed by atoms with van der Waals surface area (Å²) < 4.78 is 31.4. The predicted molar refractivity (Wildman–Crippen MR) is 145 cm³/mol. The molecule has 1 saturated heterocycles. The van der Waals surface area contributed by atoms with Crippen molar-refractivity contribution in [3.8, 4) is 5.75 Å². The van der Waals surface area contributed by atoms with E-state index in [0.29, 0.717) is 54.2 Å². The minimum atomic E-state index is -0.810. The third-order valence-electron chi connectivity index (χ3n) is 7.93. The monoisotopic (exact) mass is 546 g/mol.